The van der Waals surface area contributed by atoms with Gasteiger partial charge in [0.15, 0.2) is 0 Å². The molecule has 0 aliphatic carbocycles. The normalized spacial score (nSPS) is 19.1. The zero-order chi connectivity index (χ0) is 21.3. The molecule has 0 spiro atoms. The van der Waals surface area contributed by atoms with Crippen LogP contribution in [0, 0.1) is 0 Å². The number of halogens is 1. The highest BCUT2D eigenvalue weighted by Gasteiger charge is 2.26. The van der Waals surface area contributed by atoms with E-state index in [1.54, 1.807) is 30.3 Å². The number of H-pyrrole nitrogens is 1. The fraction of sp³-hybridized carbons (Fsp3) is 0.304. The van der Waals surface area contributed by atoms with E-state index in [9.17, 15) is 9.59 Å². The van der Waals surface area contributed by atoms with Crippen molar-refractivity contribution in [1.29, 1.82) is 0 Å². The maximum atomic E-state index is 12.7. The average molecular weight is 426 g/mol. The summed E-state index contributed by atoms with van der Waals surface area (Å²) in [6.07, 6.45) is 0.0701. The van der Waals surface area contributed by atoms with Crippen LogP contribution in [0.5, 0.6) is 0 Å². The number of carbonyl (C=O) groups excluding carboxylic acids is 2. The summed E-state index contributed by atoms with van der Waals surface area (Å²) in [7, 11) is 0. The molecule has 156 valence electrons. The minimum atomic E-state index is -0.196. The third kappa shape index (κ3) is 4.50. The number of hydrogen-bond donors (Lipinski definition) is 2. The molecule has 4 rings (SSSR count). The molecule has 1 aromatic heterocycles. The lowest BCUT2D eigenvalue weighted by Gasteiger charge is -2.35. The molecule has 2 heterocycles. The quantitative estimate of drug-likeness (QED) is 0.663. The van der Waals surface area contributed by atoms with Crippen LogP contribution in [0.15, 0.2) is 48.5 Å². The van der Waals surface area contributed by atoms with Gasteiger partial charge in [-0.1, -0.05) is 29.8 Å². The Bertz CT molecular complexity index is 1070. The molecular weight excluding hydrogens is 402 g/mol. The number of ether oxygens (including phenoxy) is 1. The van der Waals surface area contributed by atoms with Crippen molar-refractivity contribution in [2.45, 2.75) is 32.6 Å². The first-order valence-electron chi connectivity index (χ1n) is 9.99. The maximum Gasteiger partial charge on any atom is 0.267 e. The molecule has 30 heavy (non-hydrogen) atoms. The molecule has 2 N–H and O–H groups in total. The van der Waals surface area contributed by atoms with Crippen molar-refractivity contribution in [3.63, 3.8) is 0 Å². The first-order valence-corrected chi connectivity index (χ1v) is 10.4. The predicted molar refractivity (Wildman–Crippen MR) is 117 cm³/mol. The minimum absolute atomic E-state index is 0.00400. The van der Waals surface area contributed by atoms with E-state index in [1.807, 2.05) is 36.9 Å². The lowest BCUT2D eigenvalue weighted by Crippen LogP contribution is -2.48. The summed E-state index contributed by atoms with van der Waals surface area (Å²) in [6, 6.07) is 14.6. The number of nitrogens with one attached hydrogen (secondary N) is 2. The third-order valence-electron chi connectivity index (χ3n) is 5.19. The van der Waals surface area contributed by atoms with E-state index in [0.29, 0.717) is 35.9 Å². The smallest absolute Gasteiger partial charge is 0.267 e. The van der Waals surface area contributed by atoms with E-state index in [4.69, 9.17) is 16.3 Å². The Morgan fingerprint density at radius 1 is 1.10 bits per heavy atom. The van der Waals surface area contributed by atoms with Crippen LogP contribution in [0.25, 0.3) is 10.9 Å². The van der Waals surface area contributed by atoms with E-state index < -0.39 is 0 Å². The van der Waals surface area contributed by atoms with Crippen LogP contribution in [0.3, 0.4) is 0 Å². The van der Waals surface area contributed by atoms with Crippen molar-refractivity contribution in [1.82, 2.24) is 15.2 Å². The monoisotopic (exact) mass is 425 g/mol. The Balaban J connectivity index is 1.37. The van der Waals surface area contributed by atoms with Gasteiger partial charge in [-0.3, -0.25) is 9.59 Å². The Morgan fingerprint density at radius 3 is 2.50 bits per heavy atom. The summed E-state index contributed by atoms with van der Waals surface area (Å²) in [6.45, 7) is 5.51. The lowest BCUT2D eigenvalue weighted by molar-refractivity contribution is -0.0586. The van der Waals surface area contributed by atoms with Gasteiger partial charge >= 0.3 is 0 Å². The summed E-state index contributed by atoms with van der Waals surface area (Å²) in [5, 5.41) is 4.45. The van der Waals surface area contributed by atoms with Crippen LogP contribution < -0.4 is 5.32 Å². The van der Waals surface area contributed by atoms with Gasteiger partial charge in [0.05, 0.1) is 12.2 Å². The molecule has 2 amide bonds. The van der Waals surface area contributed by atoms with Crippen LogP contribution in [0.2, 0.25) is 5.02 Å². The number of aromatic amines is 1. The molecule has 7 heteroatoms. The number of amides is 2. The average Bonchev–Trinajstić information content (AvgIpc) is 3.14. The van der Waals surface area contributed by atoms with Gasteiger partial charge in [0, 0.05) is 41.1 Å². The summed E-state index contributed by atoms with van der Waals surface area (Å²) in [4.78, 5) is 30.1. The second kappa shape index (κ2) is 8.50. The van der Waals surface area contributed by atoms with Crippen LogP contribution in [0.1, 0.15) is 40.3 Å². The molecule has 1 aliphatic rings. The Hall–Kier alpha value is -2.83. The molecule has 0 saturated carbocycles. The molecule has 2 unspecified atom stereocenters. The Labute approximate surface area is 180 Å². The van der Waals surface area contributed by atoms with E-state index in [-0.39, 0.29) is 24.0 Å². The second-order valence-electron chi connectivity index (χ2n) is 7.76. The number of nitrogens with zero attached hydrogens (tertiary/aromatic N) is 1. The molecule has 1 saturated heterocycles. The number of morpholine rings is 1. The molecule has 3 aromatic rings. The highest BCUT2D eigenvalue weighted by Crippen LogP contribution is 2.20. The van der Waals surface area contributed by atoms with Crippen LogP contribution in [-0.4, -0.2) is 47.0 Å². The van der Waals surface area contributed by atoms with Gasteiger partial charge in [-0.05, 0) is 49.7 Å². The van der Waals surface area contributed by atoms with Crippen molar-refractivity contribution in [3.05, 3.63) is 70.4 Å². The highest BCUT2D eigenvalue weighted by atomic mass is 35.5. The molecular formula is C23H24ClN3O3. The van der Waals surface area contributed by atoms with E-state index in [1.165, 1.54) is 0 Å². The van der Waals surface area contributed by atoms with Gasteiger partial charge in [0.1, 0.15) is 5.69 Å². The number of benzene rings is 2. The van der Waals surface area contributed by atoms with Crippen molar-refractivity contribution < 1.29 is 14.3 Å². The summed E-state index contributed by atoms with van der Waals surface area (Å²) < 4.78 is 5.69. The van der Waals surface area contributed by atoms with Gasteiger partial charge in [-0.15, -0.1) is 0 Å². The van der Waals surface area contributed by atoms with Gasteiger partial charge in [-0.25, -0.2) is 0 Å². The fourth-order valence-corrected chi connectivity index (χ4v) is 3.96. The number of carbonyl (C=O) groups is 2. The van der Waals surface area contributed by atoms with E-state index in [2.05, 4.69) is 10.3 Å². The minimum Gasteiger partial charge on any atom is -0.372 e. The summed E-state index contributed by atoms with van der Waals surface area (Å²) >= 11 is 5.99. The zero-order valence-corrected chi connectivity index (χ0v) is 17.7. The van der Waals surface area contributed by atoms with Crippen molar-refractivity contribution in [2.24, 2.45) is 0 Å². The van der Waals surface area contributed by atoms with Crippen LogP contribution in [0.4, 0.5) is 0 Å². The first kappa shape index (κ1) is 20.4. The fourth-order valence-electron chi connectivity index (χ4n) is 3.79. The van der Waals surface area contributed by atoms with Crippen LogP contribution in [-0.2, 0) is 11.3 Å². The van der Waals surface area contributed by atoms with E-state index >= 15 is 0 Å². The summed E-state index contributed by atoms with van der Waals surface area (Å²) in [5.41, 5.74) is 2.86. The third-order valence-corrected chi connectivity index (χ3v) is 5.43. The van der Waals surface area contributed by atoms with Gasteiger partial charge in [-0.2, -0.15) is 0 Å². The molecule has 1 aliphatic heterocycles. The summed E-state index contributed by atoms with van der Waals surface area (Å²) in [5.74, 6) is -0.192. The Kier molecular flexibility index (Phi) is 5.79. The lowest BCUT2D eigenvalue weighted by atomic mass is 10.1. The van der Waals surface area contributed by atoms with Crippen molar-refractivity contribution in [3.8, 4) is 0 Å². The van der Waals surface area contributed by atoms with Crippen molar-refractivity contribution >= 4 is 34.3 Å². The number of rotatable bonds is 4. The number of fused-ring (bicyclic) bond motifs is 1. The predicted octanol–water partition coefficient (Wildman–Crippen LogP) is 4.00. The second-order valence-corrected chi connectivity index (χ2v) is 8.20. The number of hydrogen-bond acceptors (Lipinski definition) is 3. The molecule has 0 radical (unpaired) electrons. The molecule has 2 atom stereocenters. The standard InChI is InChI=1S/C23H24ClN3O3/c1-14-12-27(13-15(2)30-14)23(29)17-5-3-16(4-6-17)11-25-22(28)21-9-18-7-8-19(24)10-20(18)26-21/h3-10,14-15,26H,11-13H2,1-2H3,(H,25,28). The van der Waals surface area contributed by atoms with Crippen LogP contribution >= 0.6 is 11.6 Å². The van der Waals surface area contributed by atoms with Crippen molar-refractivity contribution in [2.75, 3.05) is 13.1 Å². The molecule has 1 fully saturated rings. The maximum absolute atomic E-state index is 12.7. The van der Waals surface area contributed by atoms with E-state index in [0.717, 1.165) is 16.5 Å². The molecule has 6 nitrogen and oxygen atoms in total. The topological polar surface area (TPSA) is 74.4 Å². The zero-order valence-electron chi connectivity index (χ0n) is 16.9. The number of aromatic nitrogens is 1. The highest BCUT2D eigenvalue weighted by molar-refractivity contribution is 6.31. The SMILES string of the molecule is CC1CN(C(=O)c2ccc(CNC(=O)c3cc4ccc(Cl)cc4[nH]3)cc2)CC(C)O1. The van der Waals surface area contributed by atoms with Gasteiger partial charge in [0.2, 0.25) is 0 Å². The van der Waals surface area contributed by atoms with Gasteiger partial charge < -0.3 is 19.9 Å². The van der Waals surface area contributed by atoms with Gasteiger partial charge in [0.25, 0.3) is 11.8 Å². The molecule has 2 aromatic carbocycles. The largest absolute Gasteiger partial charge is 0.372 e. The first-order chi connectivity index (χ1) is 14.4. The Morgan fingerprint density at radius 2 is 1.80 bits per heavy atom. The molecule has 0 bridgehead atoms.